The fourth-order valence-corrected chi connectivity index (χ4v) is 8.65. The van der Waals surface area contributed by atoms with E-state index < -0.39 is 0 Å². The molecule has 0 spiro atoms. The summed E-state index contributed by atoms with van der Waals surface area (Å²) >= 11 is 0. The van der Waals surface area contributed by atoms with Crippen molar-refractivity contribution in [3.63, 3.8) is 0 Å². The third-order valence-electron chi connectivity index (χ3n) is 11.4. The quantitative estimate of drug-likeness (QED) is 0.162. The molecule has 11 rings (SSSR count). The van der Waals surface area contributed by atoms with Crippen LogP contribution >= 0.6 is 0 Å². The second-order valence-corrected chi connectivity index (χ2v) is 14.5. The van der Waals surface area contributed by atoms with Crippen LogP contribution in [0.25, 0.3) is 109 Å². The smallest absolute Gasteiger partial charge is 0.00262 e. The van der Waals surface area contributed by atoms with E-state index in [0.29, 0.717) is 0 Å². The molecule has 11 aromatic rings. The molecule has 0 N–H and O–H groups in total. The molecule has 0 aliphatic carbocycles. The maximum absolute atomic E-state index is 2.37. The topological polar surface area (TPSA) is 0 Å². The van der Waals surface area contributed by atoms with E-state index in [4.69, 9.17) is 0 Å². The lowest BCUT2D eigenvalue weighted by molar-refractivity contribution is 1.65. The molecule has 0 saturated carbocycles. The Balaban J connectivity index is 1.02. The van der Waals surface area contributed by atoms with Crippen molar-refractivity contribution in [2.75, 3.05) is 0 Å². The van der Waals surface area contributed by atoms with E-state index in [2.05, 4.69) is 206 Å². The summed E-state index contributed by atoms with van der Waals surface area (Å²) in [6.07, 6.45) is 0. The van der Waals surface area contributed by atoms with Gasteiger partial charge in [0.15, 0.2) is 0 Å². The van der Waals surface area contributed by atoms with Gasteiger partial charge < -0.3 is 0 Å². The molecule has 0 saturated heterocycles. The molecule has 11 aromatic carbocycles. The molecule has 54 heavy (non-hydrogen) atoms. The van der Waals surface area contributed by atoms with Crippen LogP contribution < -0.4 is 0 Å². The average molecular weight is 683 g/mol. The van der Waals surface area contributed by atoms with Gasteiger partial charge in [0.25, 0.3) is 0 Å². The summed E-state index contributed by atoms with van der Waals surface area (Å²) in [5.41, 5.74) is 10.00. The van der Waals surface area contributed by atoms with E-state index in [0.717, 1.165) is 0 Å². The Morgan fingerprint density at radius 1 is 0.167 bits per heavy atom. The van der Waals surface area contributed by atoms with Gasteiger partial charge in [0, 0.05) is 0 Å². The molecular weight excluding hydrogens is 649 g/mol. The fraction of sp³-hybridized carbons (Fsp3) is 0. The van der Waals surface area contributed by atoms with E-state index in [-0.39, 0.29) is 0 Å². The number of fused-ring (bicyclic) bond motifs is 6. The van der Waals surface area contributed by atoms with Crippen LogP contribution in [0.4, 0.5) is 0 Å². The standard InChI is InChI=1S/C54H34/c1-3-11-37-29-39(19-17-35(37)9-1)41-21-23-45-33-47(27-25-43(45)31-41)53-49-13-5-7-15-51(49)54(52-16-8-6-14-50(52)53)48-28-26-44-32-42(22-24-46(44)34-48)40-20-18-36-10-2-4-12-38(36)30-40/h1-34H. The predicted octanol–water partition coefficient (Wildman–Crippen LogP) is 15.3. The van der Waals surface area contributed by atoms with E-state index >= 15 is 0 Å². The highest BCUT2D eigenvalue weighted by atomic mass is 14.2. The highest BCUT2D eigenvalue weighted by Crippen LogP contribution is 2.45. The van der Waals surface area contributed by atoms with Crippen molar-refractivity contribution in [1.82, 2.24) is 0 Å². The number of rotatable bonds is 4. The third-order valence-corrected chi connectivity index (χ3v) is 11.4. The van der Waals surface area contributed by atoms with E-state index in [1.807, 2.05) is 0 Å². The minimum absolute atomic E-state index is 1.24. The van der Waals surface area contributed by atoms with Gasteiger partial charge >= 0.3 is 0 Å². The summed E-state index contributed by atoms with van der Waals surface area (Å²) in [4.78, 5) is 0. The minimum Gasteiger partial charge on any atom is -0.0616 e. The monoisotopic (exact) mass is 682 g/mol. The predicted molar refractivity (Wildman–Crippen MR) is 233 cm³/mol. The third kappa shape index (κ3) is 5.07. The van der Waals surface area contributed by atoms with Crippen LogP contribution in [0.5, 0.6) is 0 Å². The van der Waals surface area contributed by atoms with Crippen molar-refractivity contribution in [3.8, 4) is 44.5 Å². The van der Waals surface area contributed by atoms with Crippen LogP contribution in [0.15, 0.2) is 206 Å². The van der Waals surface area contributed by atoms with Gasteiger partial charge in [-0.25, -0.2) is 0 Å². The molecule has 0 aliphatic heterocycles. The summed E-state index contributed by atoms with van der Waals surface area (Å²) < 4.78 is 0. The molecule has 0 aliphatic rings. The van der Waals surface area contributed by atoms with E-state index in [9.17, 15) is 0 Å². The molecule has 250 valence electrons. The van der Waals surface area contributed by atoms with Crippen molar-refractivity contribution in [1.29, 1.82) is 0 Å². The zero-order chi connectivity index (χ0) is 35.6. The Labute approximate surface area is 314 Å². The first kappa shape index (κ1) is 30.6. The van der Waals surface area contributed by atoms with E-state index in [1.54, 1.807) is 0 Å². The van der Waals surface area contributed by atoms with Gasteiger partial charge in [0.2, 0.25) is 0 Å². The Morgan fingerprint density at radius 3 is 0.722 bits per heavy atom. The lowest BCUT2D eigenvalue weighted by atomic mass is 9.85. The number of hydrogen-bond donors (Lipinski definition) is 0. The lowest BCUT2D eigenvalue weighted by Gasteiger charge is -2.18. The molecule has 0 heteroatoms. The SMILES string of the molecule is c1ccc2cc(-c3ccc4cc(-c5c6ccccc6c(-c6ccc7cc(-c8ccc9ccccc9c8)ccc7c6)c6ccccc56)ccc4c3)ccc2c1. The Morgan fingerprint density at radius 2 is 0.389 bits per heavy atom. The van der Waals surface area contributed by atoms with Gasteiger partial charge in [-0.2, -0.15) is 0 Å². The fourth-order valence-electron chi connectivity index (χ4n) is 8.65. The molecule has 0 atom stereocenters. The lowest BCUT2D eigenvalue weighted by Crippen LogP contribution is -1.91. The van der Waals surface area contributed by atoms with Gasteiger partial charge in [-0.1, -0.05) is 170 Å². The van der Waals surface area contributed by atoms with Crippen molar-refractivity contribution in [2.45, 2.75) is 0 Å². The first-order valence-corrected chi connectivity index (χ1v) is 18.7. The zero-order valence-corrected chi connectivity index (χ0v) is 29.6. The summed E-state index contributed by atoms with van der Waals surface area (Å²) in [5, 5.41) is 15.1. The number of hydrogen-bond acceptors (Lipinski definition) is 0. The molecule has 0 fully saturated rings. The van der Waals surface area contributed by atoms with Crippen LogP contribution in [0.1, 0.15) is 0 Å². The van der Waals surface area contributed by atoms with Crippen LogP contribution in [-0.4, -0.2) is 0 Å². The van der Waals surface area contributed by atoms with Gasteiger partial charge in [-0.05, 0) is 146 Å². The average Bonchev–Trinajstić information content (AvgIpc) is 3.24. The Kier molecular flexibility index (Phi) is 6.97. The zero-order valence-electron chi connectivity index (χ0n) is 29.6. The molecule has 0 heterocycles. The highest BCUT2D eigenvalue weighted by Gasteiger charge is 2.17. The molecule has 0 amide bonds. The Hall–Kier alpha value is -7.02. The van der Waals surface area contributed by atoms with Crippen LogP contribution in [0, 0.1) is 0 Å². The molecule has 0 nitrogen and oxygen atoms in total. The normalized spacial score (nSPS) is 11.7. The van der Waals surface area contributed by atoms with Crippen LogP contribution in [0.3, 0.4) is 0 Å². The van der Waals surface area contributed by atoms with Crippen LogP contribution in [-0.2, 0) is 0 Å². The first-order valence-electron chi connectivity index (χ1n) is 18.7. The van der Waals surface area contributed by atoms with Gasteiger partial charge in [0.1, 0.15) is 0 Å². The second-order valence-electron chi connectivity index (χ2n) is 14.5. The minimum atomic E-state index is 1.24. The van der Waals surface area contributed by atoms with Gasteiger partial charge in [0.05, 0.1) is 0 Å². The maximum Gasteiger partial charge on any atom is -0.00262 e. The van der Waals surface area contributed by atoms with Crippen LogP contribution in [0.2, 0.25) is 0 Å². The summed E-state index contributed by atoms with van der Waals surface area (Å²) in [7, 11) is 0. The summed E-state index contributed by atoms with van der Waals surface area (Å²) in [5.74, 6) is 0. The number of benzene rings is 11. The van der Waals surface area contributed by atoms with Crippen molar-refractivity contribution in [2.24, 2.45) is 0 Å². The maximum atomic E-state index is 2.37. The molecule has 0 aromatic heterocycles. The van der Waals surface area contributed by atoms with Crippen molar-refractivity contribution >= 4 is 64.6 Å². The molecule has 0 bridgehead atoms. The first-order chi connectivity index (χ1) is 26.7. The van der Waals surface area contributed by atoms with Crippen molar-refractivity contribution < 1.29 is 0 Å². The second kappa shape index (κ2) is 12.3. The highest BCUT2D eigenvalue weighted by molar-refractivity contribution is 6.22. The molecule has 0 unspecified atom stereocenters. The largest absolute Gasteiger partial charge is 0.0616 e. The van der Waals surface area contributed by atoms with Gasteiger partial charge in [-0.3, -0.25) is 0 Å². The van der Waals surface area contributed by atoms with E-state index in [1.165, 1.54) is 109 Å². The molecule has 0 radical (unpaired) electrons. The van der Waals surface area contributed by atoms with Crippen molar-refractivity contribution in [3.05, 3.63) is 206 Å². The molecular formula is C54H34. The summed E-state index contributed by atoms with van der Waals surface area (Å²) in [6, 6.07) is 76.2. The Bertz CT molecular complexity index is 3000. The summed E-state index contributed by atoms with van der Waals surface area (Å²) in [6.45, 7) is 0. The van der Waals surface area contributed by atoms with Gasteiger partial charge in [-0.15, -0.1) is 0 Å².